The van der Waals surface area contributed by atoms with Gasteiger partial charge in [0, 0.05) is 12.6 Å². The molecule has 1 aromatic heterocycles. The lowest BCUT2D eigenvalue weighted by Crippen LogP contribution is -2.15. The van der Waals surface area contributed by atoms with Gasteiger partial charge in [-0.15, -0.1) is 0 Å². The number of hydrogen-bond acceptors (Lipinski definition) is 5. The quantitative estimate of drug-likeness (QED) is 0.784. The number of allylic oxidation sites excluding steroid dienone is 1. The van der Waals surface area contributed by atoms with Crippen molar-refractivity contribution < 1.29 is 0 Å². The largest absolute Gasteiger partial charge is 0.354 e. The monoisotopic (exact) mass is 295 g/mol. The Kier molecular flexibility index (Phi) is 5.59. The molecule has 0 unspecified atom stereocenters. The SMILES string of the molecule is CC(C)Nc1nc(Cl)nc(NCCC2=CCCCC2)n1. The first-order valence-electron chi connectivity index (χ1n) is 7.23. The van der Waals surface area contributed by atoms with E-state index >= 15 is 0 Å². The van der Waals surface area contributed by atoms with Crippen LogP contribution in [-0.2, 0) is 0 Å². The van der Waals surface area contributed by atoms with Crippen LogP contribution in [0.3, 0.4) is 0 Å². The number of aromatic nitrogens is 3. The summed E-state index contributed by atoms with van der Waals surface area (Å²) in [5.41, 5.74) is 1.53. The minimum Gasteiger partial charge on any atom is -0.354 e. The molecule has 2 rings (SSSR count). The average molecular weight is 296 g/mol. The van der Waals surface area contributed by atoms with Gasteiger partial charge in [0.05, 0.1) is 0 Å². The Bertz CT molecular complexity index is 473. The maximum Gasteiger partial charge on any atom is 0.228 e. The number of rotatable bonds is 6. The predicted molar refractivity (Wildman–Crippen MR) is 83.3 cm³/mol. The molecule has 2 N–H and O–H groups in total. The van der Waals surface area contributed by atoms with E-state index in [2.05, 4.69) is 31.7 Å². The molecule has 1 aromatic rings. The van der Waals surface area contributed by atoms with Crippen LogP contribution in [0.15, 0.2) is 11.6 Å². The first-order valence-corrected chi connectivity index (χ1v) is 7.61. The van der Waals surface area contributed by atoms with Crippen LogP contribution in [0.5, 0.6) is 0 Å². The number of hydrogen-bond donors (Lipinski definition) is 2. The minimum absolute atomic E-state index is 0.211. The summed E-state index contributed by atoms with van der Waals surface area (Å²) < 4.78 is 0. The molecule has 0 aromatic carbocycles. The lowest BCUT2D eigenvalue weighted by Gasteiger charge is -2.13. The molecule has 0 atom stereocenters. The Labute approximate surface area is 125 Å². The predicted octanol–water partition coefficient (Wildman–Crippen LogP) is 3.65. The summed E-state index contributed by atoms with van der Waals surface area (Å²) in [4.78, 5) is 12.5. The van der Waals surface area contributed by atoms with Gasteiger partial charge in [-0.25, -0.2) is 0 Å². The maximum atomic E-state index is 5.91. The Hall–Kier alpha value is -1.36. The van der Waals surface area contributed by atoms with Crippen molar-refractivity contribution in [2.75, 3.05) is 17.2 Å². The Morgan fingerprint density at radius 2 is 2.00 bits per heavy atom. The molecule has 0 aliphatic heterocycles. The zero-order valence-electron chi connectivity index (χ0n) is 12.1. The maximum absolute atomic E-state index is 5.91. The van der Waals surface area contributed by atoms with Gasteiger partial charge >= 0.3 is 0 Å². The fourth-order valence-corrected chi connectivity index (χ4v) is 2.38. The molecule has 0 spiro atoms. The van der Waals surface area contributed by atoms with E-state index in [0.29, 0.717) is 11.9 Å². The number of nitrogens with zero attached hydrogens (tertiary/aromatic N) is 3. The third-order valence-corrected chi connectivity index (χ3v) is 3.31. The summed E-state index contributed by atoms with van der Waals surface area (Å²) in [5, 5.41) is 6.56. The molecule has 1 aliphatic rings. The van der Waals surface area contributed by atoms with E-state index in [1.165, 1.54) is 31.3 Å². The fraction of sp³-hybridized carbons (Fsp3) is 0.643. The van der Waals surface area contributed by atoms with Crippen molar-refractivity contribution in [3.63, 3.8) is 0 Å². The van der Waals surface area contributed by atoms with Crippen LogP contribution in [0.2, 0.25) is 5.28 Å². The second kappa shape index (κ2) is 7.43. The molecule has 20 heavy (non-hydrogen) atoms. The van der Waals surface area contributed by atoms with Crippen molar-refractivity contribution in [2.24, 2.45) is 0 Å². The Balaban J connectivity index is 1.88. The Morgan fingerprint density at radius 3 is 2.70 bits per heavy atom. The summed E-state index contributed by atoms with van der Waals surface area (Å²) in [5.74, 6) is 1.05. The summed E-state index contributed by atoms with van der Waals surface area (Å²) in [7, 11) is 0. The van der Waals surface area contributed by atoms with E-state index in [0.717, 1.165) is 13.0 Å². The minimum atomic E-state index is 0.211. The highest BCUT2D eigenvalue weighted by atomic mass is 35.5. The van der Waals surface area contributed by atoms with Crippen LogP contribution >= 0.6 is 11.6 Å². The van der Waals surface area contributed by atoms with Crippen molar-refractivity contribution in [1.29, 1.82) is 0 Å². The topological polar surface area (TPSA) is 62.7 Å². The van der Waals surface area contributed by atoms with Crippen LogP contribution in [0.4, 0.5) is 11.9 Å². The lowest BCUT2D eigenvalue weighted by atomic mass is 9.97. The zero-order chi connectivity index (χ0) is 14.4. The third-order valence-electron chi connectivity index (χ3n) is 3.14. The molecule has 6 heteroatoms. The van der Waals surface area contributed by atoms with E-state index in [9.17, 15) is 0 Å². The van der Waals surface area contributed by atoms with Crippen molar-refractivity contribution in [3.05, 3.63) is 16.9 Å². The van der Waals surface area contributed by atoms with E-state index in [1.807, 2.05) is 13.8 Å². The van der Waals surface area contributed by atoms with Gasteiger partial charge in [0.1, 0.15) is 0 Å². The highest BCUT2D eigenvalue weighted by molar-refractivity contribution is 6.28. The van der Waals surface area contributed by atoms with E-state index < -0.39 is 0 Å². The standard InChI is InChI=1S/C14H22ClN5/c1-10(2)17-14-19-12(15)18-13(20-14)16-9-8-11-6-4-3-5-7-11/h6,10H,3-5,7-9H2,1-2H3,(H2,16,17,18,19,20). The van der Waals surface area contributed by atoms with Crippen LogP contribution in [-0.4, -0.2) is 27.5 Å². The van der Waals surface area contributed by atoms with Gasteiger partial charge in [-0.3, -0.25) is 0 Å². The third kappa shape index (κ3) is 4.96. The fourth-order valence-electron chi connectivity index (χ4n) is 2.22. The van der Waals surface area contributed by atoms with Crippen molar-refractivity contribution in [3.8, 4) is 0 Å². The van der Waals surface area contributed by atoms with Gasteiger partial charge in [-0.05, 0) is 57.6 Å². The number of halogens is 1. The lowest BCUT2D eigenvalue weighted by molar-refractivity contribution is 0.679. The van der Waals surface area contributed by atoms with Gasteiger partial charge in [0.2, 0.25) is 17.2 Å². The second-order valence-corrected chi connectivity index (χ2v) is 5.67. The molecule has 1 aliphatic carbocycles. The van der Waals surface area contributed by atoms with Gasteiger partial charge < -0.3 is 10.6 Å². The average Bonchev–Trinajstić information content (AvgIpc) is 2.38. The van der Waals surface area contributed by atoms with Crippen molar-refractivity contribution >= 4 is 23.5 Å². The van der Waals surface area contributed by atoms with Gasteiger partial charge in [0.15, 0.2) is 0 Å². The van der Waals surface area contributed by atoms with Crippen LogP contribution in [0.25, 0.3) is 0 Å². The molecule has 5 nitrogen and oxygen atoms in total. The van der Waals surface area contributed by atoms with E-state index in [4.69, 9.17) is 11.6 Å². The van der Waals surface area contributed by atoms with Crippen LogP contribution in [0, 0.1) is 0 Å². The first-order chi connectivity index (χ1) is 9.63. The second-order valence-electron chi connectivity index (χ2n) is 5.34. The molecule has 0 amide bonds. The van der Waals surface area contributed by atoms with Crippen molar-refractivity contribution in [1.82, 2.24) is 15.0 Å². The molecular formula is C14H22ClN5. The molecule has 0 saturated heterocycles. The van der Waals surface area contributed by atoms with Crippen LogP contribution < -0.4 is 10.6 Å². The molecule has 110 valence electrons. The first kappa shape index (κ1) is 15.0. The normalized spacial score (nSPS) is 15.1. The molecule has 1 heterocycles. The highest BCUT2D eigenvalue weighted by Gasteiger charge is 2.07. The molecule has 0 saturated carbocycles. The van der Waals surface area contributed by atoms with E-state index in [-0.39, 0.29) is 11.3 Å². The zero-order valence-corrected chi connectivity index (χ0v) is 12.9. The van der Waals surface area contributed by atoms with Crippen molar-refractivity contribution in [2.45, 2.75) is 52.0 Å². The summed E-state index contributed by atoms with van der Waals surface area (Å²) in [6.45, 7) is 4.88. The molecular weight excluding hydrogens is 274 g/mol. The van der Waals surface area contributed by atoms with Gasteiger partial charge in [0.25, 0.3) is 0 Å². The van der Waals surface area contributed by atoms with Gasteiger partial charge in [-0.1, -0.05) is 11.6 Å². The Morgan fingerprint density at radius 1 is 1.20 bits per heavy atom. The number of anilines is 2. The summed E-state index contributed by atoms with van der Waals surface area (Å²) in [6.07, 6.45) is 8.47. The molecule has 0 radical (unpaired) electrons. The summed E-state index contributed by atoms with van der Waals surface area (Å²) >= 11 is 5.91. The van der Waals surface area contributed by atoms with E-state index in [1.54, 1.807) is 0 Å². The highest BCUT2D eigenvalue weighted by Crippen LogP contribution is 2.20. The smallest absolute Gasteiger partial charge is 0.228 e. The van der Waals surface area contributed by atoms with Gasteiger partial charge in [-0.2, -0.15) is 15.0 Å². The van der Waals surface area contributed by atoms with Crippen LogP contribution in [0.1, 0.15) is 46.0 Å². The summed E-state index contributed by atoms with van der Waals surface area (Å²) in [6, 6.07) is 0.258. The number of nitrogens with one attached hydrogen (secondary N) is 2. The molecule has 0 fully saturated rings. The molecule has 0 bridgehead atoms.